The van der Waals surface area contributed by atoms with Gasteiger partial charge in [-0.05, 0) is 47.0 Å². The number of benzene rings is 3. The zero-order valence-electron chi connectivity index (χ0n) is 15.1. The normalized spacial score (nSPS) is 11.6. The van der Waals surface area contributed by atoms with Crippen molar-refractivity contribution in [2.24, 2.45) is 0 Å². The molecule has 3 rings (SSSR count). The van der Waals surface area contributed by atoms with Crippen LogP contribution in [0.15, 0.2) is 91.1 Å². The minimum Gasteiger partial charge on any atom is -0.386 e. The molecule has 0 saturated heterocycles. The van der Waals surface area contributed by atoms with E-state index in [-0.39, 0.29) is 5.78 Å². The van der Waals surface area contributed by atoms with E-state index >= 15 is 0 Å². The smallest absolute Gasteiger partial charge is 0.187 e. The lowest BCUT2D eigenvalue weighted by molar-refractivity contribution is -0.109. The summed E-state index contributed by atoms with van der Waals surface area (Å²) in [4.78, 5) is 12.9. The van der Waals surface area contributed by atoms with Gasteiger partial charge in [-0.15, -0.1) is 0 Å². The highest BCUT2D eigenvalue weighted by Gasteiger charge is 2.09. The number of hydrogen-bond acceptors (Lipinski definition) is 2. The highest BCUT2D eigenvalue weighted by atomic mass is 35.5. The molecule has 0 aromatic heterocycles. The summed E-state index contributed by atoms with van der Waals surface area (Å²) in [5, 5.41) is 4.53. The van der Waals surface area contributed by atoms with Gasteiger partial charge in [0.2, 0.25) is 0 Å². The highest BCUT2D eigenvalue weighted by Crippen LogP contribution is 2.19. The first kappa shape index (κ1) is 19.9. The molecule has 0 atom stereocenters. The van der Waals surface area contributed by atoms with Crippen LogP contribution in [0.25, 0.3) is 11.6 Å². The molecular weight excluding hydrogens is 389 g/mol. The molecule has 2 nitrogen and oxygen atoms in total. The van der Waals surface area contributed by atoms with Crippen LogP contribution in [0.1, 0.15) is 16.7 Å². The first-order chi connectivity index (χ1) is 13.6. The zero-order valence-corrected chi connectivity index (χ0v) is 16.6. The Balaban J connectivity index is 1.80. The van der Waals surface area contributed by atoms with Crippen LogP contribution < -0.4 is 5.32 Å². The first-order valence-corrected chi connectivity index (χ1v) is 9.59. The van der Waals surface area contributed by atoms with Gasteiger partial charge < -0.3 is 5.32 Å². The number of nitrogens with one attached hydrogen (secondary N) is 1. The van der Waals surface area contributed by atoms with E-state index in [0.717, 1.165) is 16.7 Å². The molecule has 0 aliphatic rings. The van der Waals surface area contributed by atoms with Crippen molar-refractivity contribution < 1.29 is 4.79 Å². The first-order valence-electron chi connectivity index (χ1n) is 8.83. The fraction of sp³-hybridized carbons (Fsp3) is 0.0417. The molecule has 0 aliphatic heterocycles. The molecule has 0 bridgehead atoms. The summed E-state index contributed by atoms with van der Waals surface area (Å²) in [5.41, 5.74) is 3.41. The molecular formula is C24H19Cl2NO. The zero-order chi connectivity index (χ0) is 19.8. The van der Waals surface area contributed by atoms with Gasteiger partial charge in [-0.25, -0.2) is 0 Å². The van der Waals surface area contributed by atoms with Gasteiger partial charge in [0.15, 0.2) is 5.78 Å². The molecule has 0 saturated carbocycles. The molecule has 3 aromatic carbocycles. The third-order valence-electron chi connectivity index (χ3n) is 4.11. The molecule has 0 radical (unpaired) electrons. The molecule has 4 heteroatoms. The third-order valence-corrected chi connectivity index (χ3v) is 4.62. The standard InChI is InChI=1S/C24H19Cl2NO/c25-21-11-6-18(7-12-21)8-15-24(28)23(20-9-13-22(26)14-10-20)17-27-16-19-4-2-1-3-5-19/h1-15,17,27H,16H2/b15-8+,23-17-. The Hall–Kier alpha value is -2.81. The Morgan fingerprint density at radius 2 is 1.43 bits per heavy atom. The summed E-state index contributed by atoms with van der Waals surface area (Å²) in [5.74, 6) is -0.0992. The second kappa shape index (κ2) is 9.93. The van der Waals surface area contributed by atoms with Gasteiger partial charge in [-0.2, -0.15) is 0 Å². The van der Waals surface area contributed by atoms with Crippen LogP contribution in [0.4, 0.5) is 0 Å². The van der Waals surface area contributed by atoms with Gasteiger partial charge in [0.1, 0.15) is 0 Å². The third kappa shape index (κ3) is 5.85. The Morgan fingerprint density at radius 1 is 0.821 bits per heavy atom. The van der Waals surface area contributed by atoms with Gasteiger partial charge in [-0.1, -0.05) is 83.9 Å². The Morgan fingerprint density at radius 3 is 2.07 bits per heavy atom. The summed E-state index contributed by atoms with van der Waals surface area (Å²) in [7, 11) is 0. The fourth-order valence-corrected chi connectivity index (χ4v) is 2.88. The van der Waals surface area contributed by atoms with E-state index in [4.69, 9.17) is 23.2 Å². The lowest BCUT2D eigenvalue weighted by Gasteiger charge is -2.07. The second-order valence-corrected chi connectivity index (χ2v) is 7.05. The Kier molecular flexibility index (Phi) is 7.07. The van der Waals surface area contributed by atoms with Crippen molar-refractivity contribution in [1.29, 1.82) is 0 Å². The lowest BCUT2D eigenvalue weighted by Crippen LogP contribution is -2.09. The molecule has 28 heavy (non-hydrogen) atoms. The van der Waals surface area contributed by atoms with Gasteiger partial charge in [0, 0.05) is 28.4 Å². The topological polar surface area (TPSA) is 29.1 Å². The minimum absolute atomic E-state index is 0.0992. The largest absolute Gasteiger partial charge is 0.386 e. The average molecular weight is 408 g/mol. The van der Waals surface area contributed by atoms with Crippen molar-refractivity contribution >= 4 is 40.6 Å². The molecule has 0 aliphatic carbocycles. The molecule has 1 N–H and O–H groups in total. The van der Waals surface area contributed by atoms with Crippen molar-refractivity contribution in [3.8, 4) is 0 Å². The van der Waals surface area contributed by atoms with E-state index in [1.54, 1.807) is 42.6 Å². The Labute approximate surface area is 175 Å². The van der Waals surface area contributed by atoms with Crippen LogP contribution >= 0.6 is 23.2 Å². The summed E-state index contributed by atoms with van der Waals surface area (Å²) >= 11 is 11.9. The van der Waals surface area contributed by atoms with Crippen LogP contribution in [-0.4, -0.2) is 5.78 Å². The van der Waals surface area contributed by atoms with Crippen molar-refractivity contribution in [1.82, 2.24) is 5.32 Å². The van der Waals surface area contributed by atoms with E-state index in [1.165, 1.54) is 0 Å². The number of rotatable bonds is 7. The molecule has 0 heterocycles. The fourth-order valence-electron chi connectivity index (χ4n) is 2.63. The van der Waals surface area contributed by atoms with Gasteiger partial charge in [0.25, 0.3) is 0 Å². The lowest BCUT2D eigenvalue weighted by atomic mass is 10.0. The van der Waals surface area contributed by atoms with Gasteiger partial charge in [0.05, 0.1) is 0 Å². The molecule has 0 amide bonds. The summed E-state index contributed by atoms with van der Waals surface area (Å²) in [6.45, 7) is 0.631. The summed E-state index contributed by atoms with van der Waals surface area (Å²) < 4.78 is 0. The predicted molar refractivity (Wildman–Crippen MR) is 118 cm³/mol. The minimum atomic E-state index is -0.0992. The van der Waals surface area contributed by atoms with E-state index in [0.29, 0.717) is 22.2 Å². The number of carbonyl (C=O) groups is 1. The number of allylic oxidation sites excluding steroid dienone is 2. The maximum absolute atomic E-state index is 12.9. The summed E-state index contributed by atoms with van der Waals surface area (Å²) in [6, 6.07) is 24.6. The van der Waals surface area contributed by atoms with E-state index in [9.17, 15) is 4.79 Å². The maximum Gasteiger partial charge on any atom is 0.187 e. The molecule has 140 valence electrons. The van der Waals surface area contributed by atoms with Crippen molar-refractivity contribution in [2.75, 3.05) is 0 Å². The quantitative estimate of drug-likeness (QED) is 0.458. The maximum atomic E-state index is 12.9. The van der Waals surface area contributed by atoms with Crippen molar-refractivity contribution in [3.63, 3.8) is 0 Å². The summed E-state index contributed by atoms with van der Waals surface area (Å²) in [6.07, 6.45) is 5.10. The van der Waals surface area contributed by atoms with E-state index < -0.39 is 0 Å². The highest BCUT2D eigenvalue weighted by molar-refractivity contribution is 6.31. The molecule has 3 aromatic rings. The van der Waals surface area contributed by atoms with E-state index in [2.05, 4.69) is 5.32 Å². The molecule has 0 fully saturated rings. The predicted octanol–water partition coefficient (Wildman–Crippen LogP) is 6.41. The van der Waals surface area contributed by atoms with Crippen molar-refractivity contribution in [3.05, 3.63) is 118 Å². The van der Waals surface area contributed by atoms with Crippen LogP contribution in [0.5, 0.6) is 0 Å². The number of carbonyl (C=O) groups excluding carboxylic acids is 1. The Bertz CT molecular complexity index is 975. The molecule has 0 unspecified atom stereocenters. The number of ketones is 1. The SMILES string of the molecule is O=C(/C=C/c1ccc(Cl)cc1)/C(=C\NCc1ccccc1)c1ccc(Cl)cc1. The van der Waals surface area contributed by atoms with Gasteiger partial charge >= 0.3 is 0 Å². The monoisotopic (exact) mass is 407 g/mol. The number of halogens is 2. The van der Waals surface area contributed by atoms with Gasteiger partial charge in [-0.3, -0.25) is 4.79 Å². The average Bonchev–Trinajstić information content (AvgIpc) is 2.72. The van der Waals surface area contributed by atoms with Crippen molar-refractivity contribution in [2.45, 2.75) is 6.54 Å². The number of hydrogen-bond donors (Lipinski definition) is 1. The van der Waals surface area contributed by atoms with Crippen LogP contribution in [0.2, 0.25) is 10.0 Å². The van der Waals surface area contributed by atoms with Crippen LogP contribution in [-0.2, 0) is 11.3 Å². The van der Waals surface area contributed by atoms with Crippen LogP contribution in [0.3, 0.4) is 0 Å². The molecule has 0 spiro atoms. The second-order valence-electron chi connectivity index (χ2n) is 6.18. The van der Waals surface area contributed by atoms with E-state index in [1.807, 2.05) is 54.6 Å². The van der Waals surface area contributed by atoms with Crippen LogP contribution in [0, 0.1) is 0 Å².